The van der Waals surface area contributed by atoms with Crippen molar-refractivity contribution in [2.24, 2.45) is 0 Å². The van der Waals surface area contributed by atoms with E-state index in [2.05, 4.69) is 37.6 Å². The van der Waals surface area contributed by atoms with E-state index in [-0.39, 0.29) is 5.91 Å². The molecule has 0 spiro atoms. The van der Waals surface area contributed by atoms with Crippen molar-refractivity contribution in [3.63, 3.8) is 0 Å². The van der Waals surface area contributed by atoms with Crippen molar-refractivity contribution >= 4 is 5.91 Å². The molecule has 3 aromatic rings. The molecule has 6 heteroatoms. The number of aromatic nitrogens is 2. The van der Waals surface area contributed by atoms with E-state index in [4.69, 9.17) is 9.84 Å². The van der Waals surface area contributed by atoms with E-state index in [0.717, 1.165) is 34.9 Å². The molecule has 1 aromatic heterocycles. The molecule has 0 radical (unpaired) electrons. The molecule has 31 heavy (non-hydrogen) atoms. The van der Waals surface area contributed by atoms with Gasteiger partial charge in [0.2, 0.25) is 5.91 Å². The van der Waals surface area contributed by atoms with Crippen LogP contribution in [-0.2, 0) is 24.3 Å². The number of rotatable bonds is 9. The second-order valence-corrected chi connectivity index (χ2v) is 8.19. The predicted molar refractivity (Wildman–Crippen MR) is 123 cm³/mol. The second-order valence-electron chi connectivity index (χ2n) is 8.19. The lowest BCUT2D eigenvalue weighted by atomic mass is 10.1. The Bertz CT molecular complexity index is 1040. The van der Waals surface area contributed by atoms with Crippen molar-refractivity contribution < 1.29 is 14.4 Å². The van der Waals surface area contributed by atoms with Gasteiger partial charge in [0.15, 0.2) is 0 Å². The molecule has 0 aliphatic heterocycles. The molecule has 0 aliphatic carbocycles. The highest BCUT2D eigenvalue weighted by Crippen LogP contribution is 2.22. The fraction of sp³-hybridized carbons (Fsp3) is 0.360. The van der Waals surface area contributed by atoms with Gasteiger partial charge in [0, 0.05) is 30.3 Å². The molecule has 6 nitrogen and oxygen atoms in total. The summed E-state index contributed by atoms with van der Waals surface area (Å²) in [5.41, 5.74) is 6.53. The molecule has 1 amide bonds. The van der Waals surface area contributed by atoms with Crippen molar-refractivity contribution in [2.75, 3.05) is 21.2 Å². The van der Waals surface area contributed by atoms with Gasteiger partial charge < -0.3 is 15.0 Å². The van der Waals surface area contributed by atoms with E-state index in [0.29, 0.717) is 19.4 Å². The summed E-state index contributed by atoms with van der Waals surface area (Å²) in [7, 11) is 5.92. The summed E-state index contributed by atoms with van der Waals surface area (Å²) in [6.07, 6.45) is 1.10. The number of benzene rings is 2. The summed E-state index contributed by atoms with van der Waals surface area (Å²) in [6, 6.07) is 16.1. The summed E-state index contributed by atoms with van der Waals surface area (Å²) in [4.78, 5) is 13.9. The standard InChI is InChI=1S/C25H32N4O2/c1-18-24(19(2)29(27-18)22-11-8-12-23(15-22)31-5)13-14-25(30)26-16-20-9-6-7-10-21(20)17-28(3)4/h6-12,15H,13-14,16-17H2,1-5H3,(H,26,30)/p+1. The van der Waals surface area contributed by atoms with Crippen molar-refractivity contribution in [2.45, 2.75) is 39.8 Å². The molecule has 0 aliphatic rings. The lowest BCUT2D eigenvalue weighted by molar-refractivity contribution is -0.872. The Morgan fingerprint density at radius 3 is 2.55 bits per heavy atom. The highest BCUT2D eigenvalue weighted by Gasteiger charge is 2.15. The quantitative estimate of drug-likeness (QED) is 0.558. The number of amides is 1. The van der Waals surface area contributed by atoms with Crippen molar-refractivity contribution in [1.29, 1.82) is 0 Å². The zero-order chi connectivity index (χ0) is 22.4. The first kappa shape index (κ1) is 22.6. The molecule has 0 unspecified atom stereocenters. The highest BCUT2D eigenvalue weighted by molar-refractivity contribution is 5.76. The van der Waals surface area contributed by atoms with Gasteiger partial charge in [-0.2, -0.15) is 5.10 Å². The Labute approximate surface area is 184 Å². The van der Waals surface area contributed by atoms with E-state index in [1.807, 2.05) is 48.9 Å². The normalized spacial score (nSPS) is 11.0. The molecule has 0 fully saturated rings. The van der Waals surface area contributed by atoms with Gasteiger partial charge in [-0.25, -0.2) is 4.68 Å². The Morgan fingerprint density at radius 1 is 1.10 bits per heavy atom. The third-order valence-corrected chi connectivity index (χ3v) is 5.48. The number of carbonyl (C=O) groups excluding carboxylic acids is 1. The molecule has 0 bridgehead atoms. The third-order valence-electron chi connectivity index (χ3n) is 5.48. The van der Waals surface area contributed by atoms with Crippen LogP contribution in [0.4, 0.5) is 0 Å². The average molecular weight is 422 g/mol. The van der Waals surface area contributed by atoms with Gasteiger partial charge in [0.1, 0.15) is 12.3 Å². The zero-order valence-corrected chi connectivity index (χ0v) is 19.2. The van der Waals surface area contributed by atoms with Crippen molar-refractivity contribution in [3.05, 3.63) is 76.6 Å². The van der Waals surface area contributed by atoms with Crippen LogP contribution in [0, 0.1) is 13.8 Å². The van der Waals surface area contributed by atoms with Gasteiger partial charge >= 0.3 is 0 Å². The summed E-state index contributed by atoms with van der Waals surface area (Å²) in [5, 5.41) is 7.78. The number of hydrogen-bond donors (Lipinski definition) is 2. The topological polar surface area (TPSA) is 60.6 Å². The number of carbonyl (C=O) groups is 1. The highest BCUT2D eigenvalue weighted by atomic mass is 16.5. The minimum absolute atomic E-state index is 0.0555. The number of aryl methyl sites for hydroxylation is 1. The van der Waals surface area contributed by atoms with Gasteiger partial charge in [-0.1, -0.05) is 30.3 Å². The fourth-order valence-corrected chi connectivity index (χ4v) is 3.83. The Kier molecular flexibility index (Phi) is 7.47. The molecule has 1 heterocycles. The second kappa shape index (κ2) is 10.3. The number of nitrogens with one attached hydrogen (secondary N) is 2. The number of methoxy groups -OCH3 is 1. The minimum Gasteiger partial charge on any atom is -0.497 e. The van der Waals surface area contributed by atoms with Crippen LogP contribution in [0.2, 0.25) is 0 Å². The average Bonchev–Trinajstić information content (AvgIpc) is 3.04. The Balaban J connectivity index is 1.63. The third kappa shape index (κ3) is 5.73. The van der Waals surface area contributed by atoms with Crippen LogP contribution < -0.4 is 15.0 Å². The smallest absolute Gasteiger partial charge is 0.220 e. The number of quaternary nitrogens is 1. The van der Waals surface area contributed by atoms with Crippen LogP contribution in [0.3, 0.4) is 0 Å². The van der Waals surface area contributed by atoms with Crippen LogP contribution in [0.25, 0.3) is 5.69 Å². The zero-order valence-electron chi connectivity index (χ0n) is 19.2. The monoisotopic (exact) mass is 421 g/mol. The van der Waals surface area contributed by atoms with Gasteiger partial charge in [-0.05, 0) is 43.5 Å². The van der Waals surface area contributed by atoms with E-state index < -0.39 is 0 Å². The van der Waals surface area contributed by atoms with Crippen LogP contribution >= 0.6 is 0 Å². The van der Waals surface area contributed by atoms with E-state index in [1.165, 1.54) is 16.0 Å². The number of ether oxygens (including phenoxy) is 1. The first-order chi connectivity index (χ1) is 14.9. The lowest BCUT2D eigenvalue weighted by Crippen LogP contribution is -3.04. The summed E-state index contributed by atoms with van der Waals surface area (Å²) in [5.74, 6) is 0.849. The maximum Gasteiger partial charge on any atom is 0.220 e. The van der Waals surface area contributed by atoms with E-state index in [1.54, 1.807) is 7.11 Å². The maximum atomic E-state index is 12.5. The molecule has 164 valence electrons. The van der Waals surface area contributed by atoms with Crippen LogP contribution in [0.1, 0.15) is 34.5 Å². The molecule has 0 saturated carbocycles. The molecule has 2 N–H and O–H groups in total. The van der Waals surface area contributed by atoms with Crippen molar-refractivity contribution in [1.82, 2.24) is 15.1 Å². The van der Waals surface area contributed by atoms with E-state index >= 15 is 0 Å². The summed E-state index contributed by atoms with van der Waals surface area (Å²) < 4.78 is 7.25. The van der Waals surface area contributed by atoms with Crippen LogP contribution in [0.15, 0.2) is 48.5 Å². The van der Waals surface area contributed by atoms with Gasteiger partial charge in [0.25, 0.3) is 0 Å². The predicted octanol–water partition coefficient (Wildman–Crippen LogP) is 2.39. The summed E-state index contributed by atoms with van der Waals surface area (Å²) >= 11 is 0. The van der Waals surface area contributed by atoms with Crippen LogP contribution in [-0.4, -0.2) is 36.9 Å². The maximum absolute atomic E-state index is 12.5. The fourth-order valence-electron chi connectivity index (χ4n) is 3.83. The summed E-state index contributed by atoms with van der Waals surface area (Å²) in [6.45, 7) is 5.54. The van der Waals surface area contributed by atoms with E-state index in [9.17, 15) is 4.79 Å². The first-order valence-corrected chi connectivity index (χ1v) is 10.7. The molecular weight excluding hydrogens is 388 g/mol. The molecule has 0 saturated heterocycles. The Morgan fingerprint density at radius 2 is 1.84 bits per heavy atom. The molecule has 3 rings (SSSR count). The molecular formula is C25H33N4O2+. The SMILES string of the molecule is COc1cccc(-n2nc(C)c(CCC(=O)NCc3ccccc3C[NH+](C)C)c2C)c1. The Hall–Kier alpha value is -3.12. The number of hydrogen-bond acceptors (Lipinski definition) is 3. The lowest BCUT2D eigenvalue weighted by Gasteiger charge is -2.13. The minimum atomic E-state index is 0.0555. The number of nitrogens with zero attached hydrogens (tertiary/aromatic N) is 2. The van der Waals surface area contributed by atoms with Gasteiger partial charge in [-0.15, -0.1) is 0 Å². The first-order valence-electron chi connectivity index (χ1n) is 10.7. The molecule has 0 atom stereocenters. The van der Waals surface area contributed by atoms with Crippen molar-refractivity contribution in [3.8, 4) is 11.4 Å². The van der Waals surface area contributed by atoms with Crippen LogP contribution in [0.5, 0.6) is 5.75 Å². The molecule has 2 aromatic carbocycles. The van der Waals surface area contributed by atoms with Gasteiger partial charge in [-0.3, -0.25) is 4.79 Å². The largest absolute Gasteiger partial charge is 0.497 e. The van der Waals surface area contributed by atoms with Gasteiger partial charge in [0.05, 0.1) is 32.6 Å².